The number of aromatic amines is 1. The van der Waals surface area contributed by atoms with Crippen molar-refractivity contribution in [1.82, 2.24) is 14.9 Å². The van der Waals surface area contributed by atoms with Crippen molar-refractivity contribution in [3.05, 3.63) is 58.9 Å². The van der Waals surface area contributed by atoms with Gasteiger partial charge in [-0.2, -0.15) is 4.98 Å². The molecule has 0 bridgehead atoms. The molecule has 1 aliphatic rings. The molecular weight excluding hydrogens is 416 g/mol. The highest BCUT2D eigenvalue weighted by molar-refractivity contribution is 5.74. The quantitative estimate of drug-likeness (QED) is 0.472. The van der Waals surface area contributed by atoms with Crippen molar-refractivity contribution >= 4 is 16.7 Å². The number of unbranched alkanes of at least 4 members (excludes halogenated alkanes) is 1. The van der Waals surface area contributed by atoms with E-state index in [9.17, 15) is 4.79 Å². The van der Waals surface area contributed by atoms with Crippen LogP contribution >= 0.6 is 0 Å². The van der Waals surface area contributed by atoms with Crippen molar-refractivity contribution in [3.63, 3.8) is 0 Å². The van der Waals surface area contributed by atoms with Gasteiger partial charge in [-0.3, -0.25) is 9.69 Å². The Morgan fingerprint density at radius 3 is 2.58 bits per heavy atom. The summed E-state index contributed by atoms with van der Waals surface area (Å²) in [5, 5.41) is 0.898. The Hall–Kier alpha value is -3.06. The lowest BCUT2D eigenvalue weighted by Crippen LogP contribution is -2.46. The Bertz CT molecular complexity index is 1090. The molecular formula is C26H34N4O3. The molecule has 1 fully saturated rings. The molecule has 7 nitrogen and oxygen atoms in total. The minimum absolute atomic E-state index is 0.154. The van der Waals surface area contributed by atoms with Crippen molar-refractivity contribution in [3.8, 4) is 11.6 Å². The SMILES string of the molecule is CC(C)COc1ccccc1N1CCN(CCCCOc2ccc3ccc(=O)[nH]c3n2)CC1. The van der Waals surface area contributed by atoms with E-state index in [0.717, 1.165) is 63.3 Å². The molecule has 0 radical (unpaired) electrons. The molecule has 1 aromatic carbocycles. The van der Waals surface area contributed by atoms with Gasteiger partial charge in [0.2, 0.25) is 11.4 Å². The minimum atomic E-state index is -0.154. The predicted octanol–water partition coefficient (Wildman–Crippen LogP) is 3.94. The van der Waals surface area contributed by atoms with Crippen LogP contribution in [0.4, 0.5) is 5.69 Å². The molecule has 1 saturated heterocycles. The fraction of sp³-hybridized carbons (Fsp3) is 0.462. The summed E-state index contributed by atoms with van der Waals surface area (Å²) in [4.78, 5) is 23.5. The maximum absolute atomic E-state index is 11.5. The fourth-order valence-corrected chi connectivity index (χ4v) is 4.01. The number of nitrogens with zero attached hydrogens (tertiary/aromatic N) is 3. The molecule has 3 heterocycles. The van der Waals surface area contributed by atoms with Gasteiger partial charge in [0.25, 0.3) is 0 Å². The number of rotatable bonds is 10. The van der Waals surface area contributed by atoms with Crippen LogP contribution in [-0.2, 0) is 0 Å². The molecule has 0 spiro atoms. The number of aromatic nitrogens is 2. The number of piperazine rings is 1. The molecule has 0 atom stereocenters. The number of fused-ring (bicyclic) bond motifs is 1. The lowest BCUT2D eigenvalue weighted by molar-refractivity contribution is 0.235. The Labute approximate surface area is 195 Å². The maximum atomic E-state index is 11.5. The Morgan fingerprint density at radius 1 is 0.970 bits per heavy atom. The number of H-pyrrole nitrogens is 1. The normalized spacial score (nSPS) is 14.7. The smallest absolute Gasteiger partial charge is 0.249 e. The van der Waals surface area contributed by atoms with E-state index >= 15 is 0 Å². The number of hydrogen-bond acceptors (Lipinski definition) is 6. The van der Waals surface area contributed by atoms with Crippen LogP contribution in [0.15, 0.2) is 53.3 Å². The zero-order valence-corrected chi connectivity index (χ0v) is 19.6. The highest BCUT2D eigenvalue weighted by Crippen LogP contribution is 2.29. The Balaban J connectivity index is 1.17. The van der Waals surface area contributed by atoms with Gasteiger partial charge in [-0.05, 0) is 49.6 Å². The Morgan fingerprint density at radius 2 is 1.76 bits per heavy atom. The largest absolute Gasteiger partial charge is 0.491 e. The number of benzene rings is 1. The van der Waals surface area contributed by atoms with E-state index in [1.807, 2.05) is 18.2 Å². The second kappa shape index (κ2) is 11.2. The first-order chi connectivity index (χ1) is 16.1. The van der Waals surface area contributed by atoms with Gasteiger partial charge in [0, 0.05) is 43.7 Å². The van der Waals surface area contributed by atoms with Crippen LogP contribution in [0.1, 0.15) is 26.7 Å². The van der Waals surface area contributed by atoms with E-state index in [-0.39, 0.29) is 5.56 Å². The van der Waals surface area contributed by atoms with E-state index < -0.39 is 0 Å². The third-order valence-electron chi connectivity index (χ3n) is 5.83. The van der Waals surface area contributed by atoms with Crippen molar-refractivity contribution in [1.29, 1.82) is 0 Å². The van der Waals surface area contributed by atoms with Crippen molar-refractivity contribution < 1.29 is 9.47 Å². The molecule has 0 unspecified atom stereocenters. The lowest BCUT2D eigenvalue weighted by atomic mass is 10.2. The van der Waals surface area contributed by atoms with Crippen molar-refractivity contribution in [2.75, 3.05) is 50.8 Å². The van der Waals surface area contributed by atoms with E-state index in [1.54, 1.807) is 6.07 Å². The molecule has 2 aromatic heterocycles. The van der Waals surface area contributed by atoms with E-state index in [4.69, 9.17) is 9.47 Å². The monoisotopic (exact) mass is 450 g/mol. The highest BCUT2D eigenvalue weighted by Gasteiger charge is 2.19. The van der Waals surface area contributed by atoms with E-state index in [0.29, 0.717) is 24.1 Å². The summed E-state index contributed by atoms with van der Waals surface area (Å²) >= 11 is 0. The molecule has 1 N–H and O–H groups in total. The van der Waals surface area contributed by atoms with E-state index in [1.165, 1.54) is 11.8 Å². The molecule has 0 amide bonds. The molecule has 7 heteroatoms. The predicted molar refractivity (Wildman–Crippen MR) is 133 cm³/mol. The Kier molecular flexibility index (Phi) is 7.83. The van der Waals surface area contributed by atoms with Crippen LogP contribution in [0.5, 0.6) is 11.6 Å². The summed E-state index contributed by atoms with van der Waals surface area (Å²) in [6.45, 7) is 10.9. The lowest BCUT2D eigenvalue weighted by Gasteiger charge is -2.36. The zero-order chi connectivity index (χ0) is 23.0. The van der Waals surface area contributed by atoms with Crippen LogP contribution in [-0.4, -0.2) is 60.8 Å². The summed E-state index contributed by atoms with van der Waals surface area (Å²) in [5.74, 6) is 2.06. The summed E-state index contributed by atoms with van der Waals surface area (Å²) in [6.07, 6.45) is 2.05. The first kappa shape index (κ1) is 23.1. The molecule has 1 aliphatic heterocycles. The second-order valence-electron chi connectivity index (χ2n) is 8.97. The third-order valence-corrected chi connectivity index (χ3v) is 5.83. The average molecular weight is 451 g/mol. The van der Waals surface area contributed by atoms with Gasteiger partial charge in [-0.1, -0.05) is 26.0 Å². The summed E-state index contributed by atoms with van der Waals surface area (Å²) < 4.78 is 11.8. The van der Waals surface area contributed by atoms with Gasteiger partial charge in [-0.15, -0.1) is 0 Å². The molecule has 3 aromatic rings. The average Bonchev–Trinajstić information content (AvgIpc) is 2.83. The topological polar surface area (TPSA) is 70.7 Å². The molecule has 4 rings (SSSR count). The van der Waals surface area contributed by atoms with Gasteiger partial charge in [0.15, 0.2) is 0 Å². The number of hydrogen-bond donors (Lipinski definition) is 1. The number of ether oxygens (including phenoxy) is 2. The van der Waals surface area contributed by atoms with Crippen LogP contribution in [0.25, 0.3) is 11.0 Å². The summed E-state index contributed by atoms with van der Waals surface area (Å²) in [5.41, 5.74) is 1.61. The molecule has 0 aliphatic carbocycles. The first-order valence-electron chi connectivity index (χ1n) is 11.9. The van der Waals surface area contributed by atoms with Crippen LogP contribution in [0, 0.1) is 5.92 Å². The van der Waals surface area contributed by atoms with Gasteiger partial charge < -0.3 is 19.4 Å². The summed E-state index contributed by atoms with van der Waals surface area (Å²) in [7, 11) is 0. The van der Waals surface area contributed by atoms with Gasteiger partial charge in [0.1, 0.15) is 11.4 Å². The number of nitrogens with one attached hydrogen (secondary N) is 1. The van der Waals surface area contributed by atoms with Crippen molar-refractivity contribution in [2.24, 2.45) is 5.92 Å². The molecule has 33 heavy (non-hydrogen) atoms. The van der Waals surface area contributed by atoms with Crippen LogP contribution < -0.4 is 19.9 Å². The minimum Gasteiger partial charge on any atom is -0.491 e. The number of anilines is 1. The highest BCUT2D eigenvalue weighted by atomic mass is 16.5. The number of pyridine rings is 2. The second-order valence-corrected chi connectivity index (χ2v) is 8.97. The van der Waals surface area contributed by atoms with Crippen LogP contribution in [0.2, 0.25) is 0 Å². The molecule has 0 saturated carbocycles. The summed E-state index contributed by atoms with van der Waals surface area (Å²) in [6, 6.07) is 15.4. The fourth-order valence-electron chi connectivity index (χ4n) is 4.01. The zero-order valence-electron chi connectivity index (χ0n) is 19.6. The van der Waals surface area contributed by atoms with Gasteiger partial charge in [-0.25, -0.2) is 0 Å². The first-order valence-corrected chi connectivity index (χ1v) is 11.9. The molecule has 176 valence electrons. The van der Waals surface area contributed by atoms with Crippen LogP contribution in [0.3, 0.4) is 0 Å². The maximum Gasteiger partial charge on any atom is 0.249 e. The number of para-hydroxylation sites is 2. The third kappa shape index (κ3) is 6.48. The van der Waals surface area contributed by atoms with E-state index in [2.05, 4.69) is 51.8 Å². The standard InChI is InChI=1S/C26H34N4O3/c1-20(2)19-33-23-8-4-3-7-22(23)30-16-14-29(15-17-30)13-5-6-18-32-25-12-10-21-9-11-24(31)27-26(21)28-25/h3-4,7-12,20H,5-6,13-19H2,1-2H3,(H,27,28,31). The van der Waals surface area contributed by atoms with Gasteiger partial charge in [0.05, 0.1) is 18.9 Å². The van der Waals surface area contributed by atoms with Gasteiger partial charge >= 0.3 is 0 Å². The van der Waals surface area contributed by atoms with Crippen molar-refractivity contribution in [2.45, 2.75) is 26.7 Å².